The zero-order valence-electron chi connectivity index (χ0n) is 24.2. The largest absolute Gasteiger partial charge is 0.369 e. The first-order valence-corrected chi connectivity index (χ1v) is 15.8. The Labute approximate surface area is 250 Å². The van der Waals surface area contributed by atoms with Crippen molar-refractivity contribution in [1.82, 2.24) is 14.2 Å². The molecule has 0 unspecified atom stereocenters. The van der Waals surface area contributed by atoms with Gasteiger partial charge in [0.15, 0.2) is 0 Å². The Hall–Kier alpha value is -4.22. The fourth-order valence-corrected chi connectivity index (χ4v) is 7.33. The molecule has 0 spiro atoms. The first-order chi connectivity index (χ1) is 20.6. The van der Waals surface area contributed by atoms with E-state index in [4.69, 9.17) is 0 Å². The van der Waals surface area contributed by atoms with E-state index in [1.807, 2.05) is 4.90 Å². The number of amides is 1. The molecule has 1 amide bonds. The molecule has 0 atom stereocenters. The van der Waals surface area contributed by atoms with Gasteiger partial charge in [0.2, 0.25) is 15.5 Å². The Morgan fingerprint density at radius 2 is 1.49 bits per heavy atom. The quantitative estimate of drug-likeness (QED) is 0.373. The summed E-state index contributed by atoms with van der Waals surface area (Å²) >= 11 is 0. The first kappa shape index (κ1) is 28.9. The van der Waals surface area contributed by atoms with Crippen molar-refractivity contribution in [2.24, 2.45) is 0 Å². The predicted octanol–water partition coefficient (Wildman–Crippen LogP) is 3.76. The summed E-state index contributed by atoms with van der Waals surface area (Å²) in [5.74, 6) is -0.689. The molecule has 1 N–H and O–H groups in total. The lowest BCUT2D eigenvalue weighted by molar-refractivity contribution is 0.0745. The van der Waals surface area contributed by atoms with Gasteiger partial charge in [-0.2, -0.15) is 4.31 Å². The van der Waals surface area contributed by atoms with Crippen LogP contribution in [0.4, 0.5) is 15.8 Å². The molecule has 43 heavy (non-hydrogen) atoms. The summed E-state index contributed by atoms with van der Waals surface area (Å²) in [5, 5.41) is 0.158. The summed E-state index contributed by atoms with van der Waals surface area (Å²) in [4.78, 5) is 36.0. The molecule has 6 rings (SSSR count). The van der Waals surface area contributed by atoms with Gasteiger partial charge in [0.1, 0.15) is 11.4 Å². The highest BCUT2D eigenvalue weighted by Crippen LogP contribution is 2.25. The number of benzene rings is 3. The van der Waals surface area contributed by atoms with Crippen LogP contribution in [-0.4, -0.2) is 80.9 Å². The summed E-state index contributed by atoms with van der Waals surface area (Å²) < 4.78 is 41.8. The monoisotopic (exact) mass is 603 g/mol. The van der Waals surface area contributed by atoms with Crippen molar-refractivity contribution < 1.29 is 17.6 Å². The number of aromatic nitrogens is 1. The number of pyridine rings is 1. The topological polar surface area (TPSA) is 97.0 Å². The van der Waals surface area contributed by atoms with Crippen molar-refractivity contribution in [1.29, 1.82) is 0 Å². The Balaban J connectivity index is 1.18. The summed E-state index contributed by atoms with van der Waals surface area (Å²) in [6.07, 6.45) is 1.42. The van der Waals surface area contributed by atoms with Crippen molar-refractivity contribution in [3.05, 3.63) is 99.6 Å². The minimum absolute atomic E-state index is 0.00449. The molecule has 9 nitrogen and oxygen atoms in total. The van der Waals surface area contributed by atoms with Gasteiger partial charge in [-0.15, -0.1) is 0 Å². The van der Waals surface area contributed by atoms with Gasteiger partial charge in [0.05, 0.1) is 4.90 Å². The van der Waals surface area contributed by atoms with E-state index in [-0.39, 0.29) is 40.7 Å². The zero-order valence-corrected chi connectivity index (χ0v) is 25.0. The average Bonchev–Trinajstić information content (AvgIpc) is 3.02. The van der Waals surface area contributed by atoms with E-state index in [1.165, 1.54) is 45.9 Å². The number of fused-ring (bicyclic) bond motifs is 1. The van der Waals surface area contributed by atoms with Gasteiger partial charge in [-0.1, -0.05) is 12.1 Å². The molecule has 0 radical (unpaired) electrons. The summed E-state index contributed by atoms with van der Waals surface area (Å²) in [6.45, 7) is 7.79. The smallest absolute Gasteiger partial charge is 0.259 e. The molecule has 1 aromatic heterocycles. The van der Waals surface area contributed by atoms with Gasteiger partial charge in [-0.05, 0) is 73.5 Å². The van der Waals surface area contributed by atoms with Crippen LogP contribution in [0.3, 0.4) is 0 Å². The third kappa shape index (κ3) is 5.62. The lowest BCUT2D eigenvalue weighted by atomic mass is 10.1. The molecule has 2 aliphatic rings. The van der Waals surface area contributed by atoms with Gasteiger partial charge >= 0.3 is 0 Å². The van der Waals surface area contributed by atoms with E-state index in [1.54, 1.807) is 23.1 Å². The minimum atomic E-state index is -3.88. The molecule has 3 aromatic carbocycles. The van der Waals surface area contributed by atoms with Gasteiger partial charge < -0.3 is 19.7 Å². The number of nitrogens with one attached hydrogen (secondary N) is 1. The normalized spacial score (nSPS) is 16.6. The Morgan fingerprint density at radius 3 is 2.19 bits per heavy atom. The van der Waals surface area contributed by atoms with Gasteiger partial charge in [-0.25, -0.2) is 12.8 Å². The van der Waals surface area contributed by atoms with Gasteiger partial charge in [0, 0.05) is 80.8 Å². The lowest BCUT2D eigenvalue weighted by Gasteiger charge is -2.37. The predicted molar refractivity (Wildman–Crippen MR) is 166 cm³/mol. The third-order valence-electron chi connectivity index (χ3n) is 8.42. The second-order valence-electron chi connectivity index (χ2n) is 11.2. The number of rotatable bonds is 5. The summed E-state index contributed by atoms with van der Waals surface area (Å²) in [7, 11) is -3.88. The van der Waals surface area contributed by atoms with Crippen molar-refractivity contribution in [2.45, 2.75) is 18.7 Å². The molecule has 2 aliphatic heterocycles. The van der Waals surface area contributed by atoms with Crippen LogP contribution in [-0.2, 0) is 10.0 Å². The summed E-state index contributed by atoms with van der Waals surface area (Å²) in [5.41, 5.74) is 4.30. The maximum Gasteiger partial charge on any atom is 0.259 e. The number of anilines is 2. The molecule has 2 saturated heterocycles. The van der Waals surface area contributed by atoms with Crippen molar-refractivity contribution in [3.8, 4) is 0 Å². The van der Waals surface area contributed by atoms with E-state index in [0.29, 0.717) is 44.8 Å². The van der Waals surface area contributed by atoms with Crippen LogP contribution in [0, 0.1) is 19.7 Å². The number of H-pyrrole nitrogens is 1. The van der Waals surface area contributed by atoms with Crippen LogP contribution in [0.2, 0.25) is 0 Å². The fourth-order valence-electron chi connectivity index (χ4n) is 5.89. The molecule has 3 heterocycles. The number of nitrogens with zero attached hydrogens (tertiary/aromatic N) is 4. The number of hydrogen-bond acceptors (Lipinski definition) is 6. The number of hydrogen-bond donors (Lipinski definition) is 1. The number of aromatic amines is 1. The number of aryl methyl sites for hydroxylation is 2. The second kappa shape index (κ2) is 11.5. The van der Waals surface area contributed by atoms with Crippen molar-refractivity contribution in [3.63, 3.8) is 0 Å². The average molecular weight is 604 g/mol. The van der Waals surface area contributed by atoms with E-state index in [2.05, 4.69) is 41.9 Å². The molecule has 0 aliphatic carbocycles. The standard InChI is InChI=1S/C32H34FN5O4S/c1-22-3-4-23(2)30(19-22)36-11-13-37(14-12-36)32(40)28-21-34-29-10-9-26(20-27(29)31(28)39)43(41,42)38-17-15-35(16-18-38)25-7-5-24(33)6-8-25/h3-10,19-21H,11-18H2,1-2H3,(H,34,39). The van der Waals surface area contributed by atoms with E-state index in [9.17, 15) is 22.4 Å². The van der Waals surface area contributed by atoms with Crippen molar-refractivity contribution in [2.75, 3.05) is 62.2 Å². The molecule has 11 heteroatoms. The highest BCUT2D eigenvalue weighted by molar-refractivity contribution is 7.89. The Morgan fingerprint density at radius 1 is 0.814 bits per heavy atom. The second-order valence-corrected chi connectivity index (χ2v) is 13.1. The number of carbonyl (C=O) groups is 1. The summed E-state index contributed by atoms with van der Waals surface area (Å²) in [6, 6.07) is 16.9. The van der Waals surface area contributed by atoms with Crippen LogP contribution >= 0.6 is 0 Å². The van der Waals surface area contributed by atoms with E-state index < -0.39 is 15.5 Å². The van der Waals surface area contributed by atoms with E-state index in [0.717, 1.165) is 11.4 Å². The molecule has 224 valence electrons. The SMILES string of the molecule is Cc1ccc(C)c(N2CCN(C(=O)c3c[nH]c4ccc(S(=O)(=O)N5CCN(c6ccc(F)cc6)CC5)cc4c3=O)CC2)c1. The number of carbonyl (C=O) groups excluding carboxylic acids is 1. The van der Waals surface area contributed by atoms with Crippen LogP contribution in [0.1, 0.15) is 21.5 Å². The van der Waals surface area contributed by atoms with E-state index >= 15 is 0 Å². The molecule has 0 bridgehead atoms. The molecular formula is C32H34FN5O4S. The van der Waals surface area contributed by atoms with Crippen LogP contribution < -0.4 is 15.2 Å². The Kier molecular flexibility index (Phi) is 7.70. The maximum absolute atomic E-state index is 13.6. The van der Waals surface area contributed by atoms with Crippen molar-refractivity contribution >= 4 is 38.2 Å². The third-order valence-corrected chi connectivity index (χ3v) is 10.3. The van der Waals surface area contributed by atoms with Gasteiger partial charge in [0.25, 0.3) is 5.91 Å². The zero-order chi connectivity index (χ0) is 30.3. The highest BCUT2D eigenvalue weighted by atomic mass is 32.2. The van der Waals surface area contributed by atoms with Crippen LogP contribution in [0.15, 0.2) is 76.6 Å². The minimum Gasteiger partial charge on any atom is -0.369 e. The van der Waals surface area contributed by atoms with Crippen LogP contribution in [0.25, 0.3) is 10.9 Å². The first-order valence-electron chi connectivity index (χ1n) is 14.4. The van der Waals surface area contributed by atoms with Gasteiger partial charge in [-0.3, -0.25) is 9.59 Å². The molecular weight excluding hydrogens is 569 g/mol. The number of piperazine rings is 2. The molecule has 0 saturated carbocycles. The number of sulfonamides is 1. The lowest BCUT2D eigenvalue weighted by Crippen LogP contribution is -2.49. The highest BCUT2D eigenvalue weighted by Gasteiger charge is 2.30. The number of halogens is 1. The molecule has 4 aromatic rings. The maximum atomic E-state index is 13.6. The van der Waals surface area contributed by atoms with Crippen LogP contribution in [0.5, 0.6) is 0 Å². The fraction of sp³-hybridized carbons (Fsp3) is 0.312. The molecule has 2 fully saturated rings. The Bertz CT molecular complexity index is 1840.